The van der Waals surface area contributed by atoms with Crippen LogP contribution in [0.25, 0.3) is 6.08 Å². The number of thioether (sulfide) groups is 1. The summed E-state index contributed by atoms with van der Waals surface area (Å²) in [4.78, 5) is 26.3. The number of aryl methyl sites for hydroxylation is 1. The number of hydrogen-bond donors (Lipinski definition) is 1. The molecule has 0 atom stereocenters. The summed E-state index contributed by atoms with van der Waals surface area (Å²) >= 11 is 7.81. The van der Waals surface area contributed by atoms with Crippen molar-refractivity contribution in [1.29, 1.82) is 0 Å². The number of anilines is 1. The second kappa shape index (κ2) is 7.89. The number of rotatable bonds is 6. The topological polar surface area (TPSA) is 88.3 Å². The van der Waals surface area contributed by atoms with Crippen LogP contribution in [0.4, 0.5) is 5.13 Å². The first-order valence-electron chi connectivity index (χ1n) is 7.42. The molecule has 0 aliphatic carbocycles. The SMILES string of the molecule is Cc1nnc(NC(=O)CCCN2C(=O)C(=Cc3ccco3)SC2=S)s1. The Morgan fingerprint density at radius 1 is 1.48 bits per heavy atom. The lowest BCUT2D eigenvalue weighted by atomic mass is 10.2. The van der Waals surface area contributed by atoms with Crippen LogP contribution >= 0.6 is 35.3 Å². The molecule has 0 aromatic carbocycles. The molecule has 25 heavy (non-hydrogen) atoms. The van der Waals surface area contributed by atoms with Crippen LogP contribution in [0.15, 0.2) is 27.7 Å². The summed E-state index contributed by atoms with van der Waals surface area (Å²) < 4.78 is 5.71. The smallest absolute Gasteiger partial charge is 0.266 e. The quantitative estimate of drug-likeness (QED) is 0.595. The van der Waals surface area contributed by atoms with Gasteiger partial charge in [-0.3, -0.25) is 14.5 Å². The van der Waals surface area contributed by atoms with E-state index in [2.05, 4.69) is 15.5 Å². The maximum Gasteiger partial charge on any atom is 0.266 e. The molecule has 0 spiro atoms. The van der Waals surface area contributed by atoms with Crippen LogP contribution in [-0.2, 0) is 9.59 Å². The fraction of sp³-hybridized carbons (Fsp3) is 0.267. The van der Waals surface area contributed by atoms with E-state index < -0.39 is 0 Å². The lowest BCUT2D eigenvalue weighted by Crippen LogP contribution is -2.29. The Morgan fingerprint density at radius 2 is 2.32 bits per heavy atom. The number of thiocarbonyl (C=S) groups is 1. The molecule has 0 saturated carbocycles. The predicted octanol–water partition coefficient (Wildman–Crippen LogP) is 3.06. The highest BCUT2D eigenvalue weighted by Gasteiger charge is 2.31. The van der Waals surface area contributed by atoms with Gasteiger partial charge in [0.2, 0.25) is 11.0 Å². The van der Waals surface area contributed by atoms with E-state index in [9.17, 15) is 9.59 Å². The van der Waals surface area contributed by atoms with Gasteiger partial charge in [-0.1, -0.05) is 35.3 Å². The minimum absolute atomic E-state index is 0.160. The highest BCUT2D eigenvalue weighted by atomic mass is 32.2. The summed E-state index contributed by atoms with van der Waals surface area (Å²) in [5.41, 5.74) is 0. The molecule has 2 amide bonds. The van der Waals surface area contributed by atoms with Gasteiger partial charge in [-0.25, -0.2) is 0 Å². The van der Waals surface area contributed by atoms with Crippen LogP contribution in [0.1, 0.15) is 23.6 Å². The summed E-state index contributed by atoms with van der Waals surface area (Å²) in [5, 5.41) is 11.6. The van der Waals surface area contributed by atoms with Crippen molar-refractivity contribution in [1.82, 2.24) is 15.1 Å². The molecule has 3 rings (SSSR count). The van der Waals surface area contributed by atoms with Gasteiger partial charge in [0.25, 0.3) is 5.91 Å². The molecule has 0 bridgehead atoms. The Morgan fingerprint density at radius 3 is 3.00 bits per heavy atom. The molecule has 1 aliphatic rings. The summed E-state index contributed by atoms with van der Waals surface area (Å²) in [7, 11) is 0. The number of furan rings is 1. The van der Waals surface area contributed by atoms with Crippen molar-refractivity contribution >= 4 is 62.7 Å². The molecule has 2 aromatic heterocycles. The van der Waals surface area contributed by atoms with Gasteiger partial charge in [0.1, 0.15) is 15.1 Å². The summed E-state index contributed by atoms with van der Waals surface area (Å²) in [6.45, 7) is 2.21. The lowest BCUT2D eigenvalue weighted by Gasteiger charge is -2.13. The monoisotopic (exact) mass is 394 g/mol. The normalized spacial score (nSPS) is 16.0. The predicted molar refractivity (Wildman–Crippen MR) is 101 cm³/mol. The first kappa shape index (κ1) is 17.8. The molecule has 1 N–H and O–H groups in total. The van der Waals surface area contributed by atoms with E-state index in [1.807, 2.05) is 6.92 Å². The van der Waals surface area contributed by atoms with Crippen LogP contribution in [0.5, 0.6) is 0 Å². The Labute approximate surface area is 157 Å². The van der Waals surface area contributed by atoms with Crippen molar-refractivity contribution in [3.63, 3.8) is 0 Å². The minimum atomic E-state index is -0.161. The average molecular weight is 395 g/mol. The Balaban J connectivity index is 1.50. The standard InChI is InChI=1S/C15H14N4O3S3/c1-9-17-18-14(24-9)16-12(20)5-2-6-19-13(21)11(25-15(19)23)8-10-4-3-7-22-10/h3-4,7-8H,2,5-6H2,1H3,(H,16,18,20). The third kappa shape index (κ3) is 4.53. The third-order valence-electron chi connectivity index (χ3n) is 3.25. The van der Waals surface area contributed by atoms with Gasteiger partial charge in [0, 0.05) is 19.0 Å². The molecule has 0 unspecified atom stereocenters. The number of hydrogen-bond acceptors (Lipinski definition) is 8. The van der Waals surface area contributed by atoms with E-state index in [-0.39, 0.29) is 18.2 Å². The van der Waals surface area contributed by atoms with E-state index in [4.69, 9.17) is 16.6 Å². The largest absolute Gasteiger partial charge is 0.465 e. The molecule has 1 saturated heterocycles. The highest BCUT2D eigenvalue weighted by Crippen LogP contribution is 2.32. The maximum atomic E-state index is 12.4. The van der Waals surface area contributed by atoms with Crippen molar-refractivity contribution in [3.8, 4) is 0 Å². The van der Waals surface area contributed by atoms with Crippen molar-refractivity contribution in [2.24, 2.45) is 0 Å². The Bertz CT molecular complexity index is 829. The van der Waals surface area contributed by atoms with Crippen LogP contribution in [0.3, 0.4) is 0 Å². The molecule has 3 heterocycles. The van der Waals surface area contributed by atoms with Crippen LogP contribution in [-0.4, -0.2) is 37.8 Å². The van der Waals surface area contributed by atoms with Crippen LogP contribution in [0.2, 0.25) is 0 Å². The fourth-order valence-corrected chi connectivity index (χ4v) is 4.02. The van der Waals surface area contributed by atoms with Gasteiger partial charge in [-0.2, -0.15) is 0 Å². The molecule has 1 fully saturated rings. The van der Waals surface area contributed by atoms with Crippen molar-refractivity contribution < 1.29 is 14.0 Å². The average Bonchev–Trinajstić information content (AvgIpc) is 3.26. The lowest BCUT2D eigenvalue weighted by molar-refractivity contribution is -0.122. The third-order valence-corrected chi connectivity index (χ3v) is 5.38. The number of carbonyl (C=O) groups excluding carboxylic acids is 2. The number of nitrogens with zero attached hydrogens (tertiary/aromatic N) is 3. The zero-order valence-electron chi connectivity index (χ0n) is 13.2. The van der Waals surface area contributed by atoms with Crippen LogP contribution < -0.4 is 5.32 Å². The minimum Gasteiger partial charge on any atom is -0.465 e. The first-order chi connectivity index (χ1) is 12.0. The van der Waals surface area contributed by atoms with E-state index in [1.165, 1.54) is 28.0 Å². The Hall–Kier alpha value is -2.04. The van der Waals surface area contributed by atoms with Crippen LogP contribution in [0, 0.1) is 6.92 Å². The summed E-state index contributed by atoms with van der Waals surface area (Å²) in [5.74, 6) is 0.284. The van der Waals surface area contributed by atoms with E-state index in [0.717, 1.165) is 5.01 Å². The van der Waals surface area contributed by atoms with Gasteiger partial charge >= 0.3 is 0 Å². The zero-order chi connectivity index (χ0) is 17.8. The van der Waals surface area contributed by atoms with E-state index >= 15 is 0 Å². The molecule has 130 valence electrons. The molecule has 7 nitrogen and oxygen atoms in total. The van der Waals surface area contributed by atoms with Gasteiger partial charge in [-0.05, 0) is 25.5 Å². The Kier molecular flexibility index (Phi) is 5.61. The molecule has 0 radical (unpaired) electrons. The molecular formula is C15H14N4O3S3. The molecule has 10 heteroatoms. The fourth-order valence-electron chi connectivity index (χ4n) is 2.12. The molecule has 1 aliphatic heterocycles. The van der Waals surface area contributed by atoms with E-state index in [1.54, 1.807) is 24.5 Å². The zero-order valence-corrected chi connectivity index (χ0v) is 15.7. The van der Waals surface area contributed by atoms with Gasteiger partial charge in [0.05, 0.1) is 11.2 Å². The molecule has 2 aromatic rings. The second-order valence-electron chi connectivity index (χ2n) is 5.13. The van der Waals surface area contributed by atoms with Crippen molar-refractivity contribution in [2.75, 3.05) is 11.9 Å². The van der Waals surface area contributed by atoms with Crippen molar-refractivity contribution in [3.05, 3.63) is 34.1 Å². The number of aromatic nitrogens is 2. The van der Waals surface area contributed by atoms with Crippen molar-refractivity contribution in [2.45, 2.75) is 19.8 Å². The second-order valence-corrected chi connectivity index (χ2v) is 7.98. The molecular weight excluding hydrogens is 380 g/mol. The highest BCUT2D eigenvalue weighted by molar-refractivity contribution is 8.26. The number of carbonyl (C=O) groups is 2. The van der Waals surface area contributed by atoms with Gasteiger partial charge in [0.15, 0.2) is 0 Å². The number of nitrogens with one attached hydrogen (secondary N) is 1. The number of amides is 2. The van der Waals surface area contributed by atoms with Gasteiger partial charge in [-0.15, -0.1) is 10.2 Å². The summed E-state index contributed by atoms with van der Waals surface area (Å²) in [6.07, 6.45) is 3.99. The maximum absolute atomic E-state index is 12.4. The first-order valence-corrected chi connectivity index (χ1v) is 9.46. The van der Waals surface area contributed by atoms with E-state index in [0.29, 0.717) is 33.1 Å². The summed E-state index contributed by atoms with van der Waals surface area (Å²) in [6, 6.07) is 3.52. The van der Waals surface area contributed by atoms with Gasteiger partial charge < -0.3 is 9.73 Å².